The molecule has 0 radical (unpaired) electrons. The average Bonchev–Trinajstić information content (AvgIpc) is 3.30. The molecule has 0 spiro atoms. The van der Waals surface area contributed by atoms with E-state index in [1.54, 1.807) is 25.7 Å². The van der Waals surface area contributed by atoms with E-state index < -0.39 is 0 Å². The summed E-state index contributed by atoms with van der Waals surface area (Å²) in [6, 6.07) is 7.67. The Labute approximate surface area is 192 Å². The van der Waals surface area contributed by atoms with Crippen molar-refractivity contribution >= 4 is 5.95 Å². The molecule has 0 bridgehead atoms. The largest absolute Gasteiger partial charge is 0.480 e. The van der Waals surface area contributed by atoms with E-state index in [4.69, 9.17) is 14.5 Å². The van der Waals surface area contributed by atoms with Gasteiger partial charge >= 0.3 is 0 Å². The minimum atomic E-state index is 0.217. The molecule has 0 unspecified atom stereocenters. The standard InChI is InChI=1S/C24H27N7O2/c1-6-31-14-17(12-27-31)21-11-18(9-10-25-21)33-22-8-7-20(29-16(22)4)19-13-26-24(28-15(2)3)30-23(19)32-5/h7-15H,6H2,1-5H3,(H,26,28,30). The molecule has 0 amide bonds. The van der Waals surface area contributed by atoms with Crippen molar-refractivity contribution in [3.63, 3.8) is 0 Å². The van der Waals surface area contributed by atoms with Gasteiger partial charge < -0.3 is 14.8 Å². The lowest BCUT2D eigenvalue weighted by molar-refractivity contribution is 0.399. The molecule has 33 heavy (non-hydrogen) atoms. The number of nitrogens with zero attached hydrogens (tertiary/aromatic N) is 6. The second kappa shape index (κ2) is 9.64. The van der Waals surface area contributed by atoms with Gasteiger partial charge in [0.25, 0.3) is 0 Å². The van der Waals surface area contributed by atoms with Crippen molar-refractivity contribution in [1.82, 2.24) is 29.7 Å². The van der Waals surface area contributed by atoms with Crippen LogP contribution in [0.5, 0.6) is 17.4 Å². The van der Waals surface area contributed by atoms with Gasteiger partial charge in [0.1, 0.15) is 11.5 Å². The highest BCUT2D eigenvalue weighted by molar-refractivity contribution is 5.66. The Balaban J connectivity index is 1.57. The SMILES string of the molecule is CCn1cc(-c2cc(Oc3ccc(-c4cnc(NC(C)C)nc4OC)nc3C)ccn2)cn1. The average molecular weight is 446 g/mol. The minimum absolute atomic E-state index is 0.217. The number of pyridine rings is 2. The summed E-state index contributed by atoms with van der Waals surface area (Å²) >= 11 is 0. The maximum Gasteiger partial charge on any atom is 0.227 e. The third kappa shape index (κ3) is 5.08. The lowest BCUT2D eigenvalue weighted by atomic mass is 10.2. The van der Waals surface area contributed by atoms with E-state index in [0.717, 1.165) is 23.5 Å². The summed E-state index contributed by atoms with van der Waals surface area (Å²) in [5.41, 5.74) is 3.88. The van der Waals surface area contributed by atoms with Crippen LogP contribution >= 0.6 is 0 Å². The van der Waals surface area contributed by atoms with Crippen LogP contribution in [0.1, 0.15) is 26.5 Å². The maximum atomic E-state index is 6.11. The van der Waals surface area contributed by atoms with Gasteiger partial charge in [0.2, 0.25) is 11.8 Å². The zero-order chi connectivity index (χ0) is 23.4. The molecule has 1 N–H and O–H groups in total. The van der Waals surface area contributed by atoms with Crippen molar-refractivity contribution in [3.8, 4) is 39.9 Å². The Morgan fingerprint density at radius 2 is 1.91 bits per heavy atom. The number of hydrogen-bond donors (Lipinski definition) is 1. The molecular formula is C24H27N7O2. The normalized spacial score (nSPS) is 11.0. The van der Waals surface area contributed by atoms with Crippen LogP contribution in [0, 0.1) is 6.92 Å². The van der Waals surface area contributed by atoms with Gasteiger partial charge in [-0.25, -0.2) is 9.97 Å². The van der Waals surface area contributed by atoms with Gasteiger partial charge in [0.05, 0.1) is 36.0 Å². The van der Waals surface area contributed by atoms with Gasteiger partial charge in [-0.2, -0.15) is 10.1 Å². The predicted molar refractivity (Wildman–Crippen MR) is 127 cm³/mol. The van der Waals surface area contributed by atoms with Gasteiger partial charge in [-0.3, -0.25) is 9.67 Å². The highest BCUT2D eigenvalue weighted by atomic mass is 16.5. The first-order valence-electron chi connectivity index (χ1n) is 10.8. The molecule has 0 aliphatic heterocycles. The Morgan fingerprint density at radius 1 is 1.06 bits per heavy atom. The zero-order valence-electron chi connectivity index (χ0n) is 19.4. The van der Waals surface area contributed by atoms with Gasteiger partial charge in [-0.15, -0.1) is 0 Å². The van der Waals surface area contributed by atoms with Crippen molar-refractivity contribution in [3.05, 3.63) is 54.7 Å². The molecule has 0 fully saturated rings. The third-order valence-corrected chi connectivity index (χ3v) is 4.89. The van der Waals surface area contributed by atoms with Crippen molar-refractivity contribution in [2.75, 3.05) is 12.4 Å². The van der Waals surface area contributed by atoms with E-state index in [1.807, 2.05) is 62.8 Å². The molecule has 0 aromatic carbocycles. The van der Waals surface area contributed by atoms with Crippen molar-refractivity contribution in [2.45, 2.75) is 40.3 Å². The van der Waals surface area contributed by atoms with E-state index in [1.165, 1.54) is 0 Å². The van der Waals surface area contributed by atoms with E-state index in [0.29, 0.717) is 34.6 Å². The highest BCUT2D eigenvalue weighted by Gasteiger charge is 2.14. The maximum absolute atomic E-state index is 6.11. The molecular weight excluding hydrogens is 418 g/mol. The van der Waals surface area contributed by atoms with E-state index in [-0.39, 0.29) is 6.04 Å². The summed E-state index contributed by atoms with van der Waals surface area (Å²) in [4.78, 5) is 18.0. The topological polar surface area (TPSA) is 99.9 Å². The van der Waals surface area contributed by atoms with Crippen LogP contribution in [0.4, 0.5) is 5.95 Å². The van der Waals surface area contributed by atoms with Gasteiger partial charge in [0, 0.05) is 42.8 Å². The molecule has 4 heterocycles. The fourth-order valence-corrected chi connectivity index (χ4v) is 3.26. The van der Waals surface area contributed by atoms with Crippen LogP contribution in [0.25, 0.3) is 22.5 Å². The molecule has 0 aliphatic carbocycles. The first kappa shape index (κ1) is 22.2. The molecule has 0 saturated heterocycles. The molecule has 9 nitrogen and oxygen atoms in total. The molecule has 0 atom stereocenters. The highest BCUT2D eigenvalue weighted by Crippen LogP contribution is 2.32. The third-order valence-electron chi connectivity index (χ3n) is 4.89. The molecule has 0 aliphatic rings. The van der Waals surface area contributed by atoms with Gasteiger partial charge in [-0.05, 0) is 45.9 Å². The second-order valence-electron chi connectivity index (χ2n) is 7.76. The summed E-state index contributed by atoms with van der Waals surface area (Å²) in [5, 5.41) is 7.49. The quantitative estimate of drug-likeness (QED) is 0.415. The monoisotopic (exact) mass is 445 g/mol. The Hall–Kier alpha value is -4.01. The lowest BCUT2D eigenvalue weighted by Gasteiger charge is -2.13. The van der Waals surface area contributed by atoms with Crippen LogP contribution in [0.2, 0.25) is 0 Å². The summed E-state index contributed by atoms with van der Waals surface area (Å²) in [6.45, 7) is 8.80. The van der Waals surface area contributed by atoms with Gasteiger partial charge in [-0.1, -0.05) is 0 Å². The number of ether oxygens (including phenoxy) is 2. The summed E-state index contributed by atoms with van der Waals surface area (Å²) in [6.07, 6.45) is 7.20. The molecule has 4 rings (SSSR count). The van der Waals surface area contributed by atoms with Crippen LogP contribution in [0.15, 0.2) is 49.1 Å². The Morgan fingerprint density at radius 3 is 2.61 bits per heavy atom. The molecule has 170 valence electrons. The van der Waals surface area contributed by atoms with Crippen molar-refractivity contribution in [2.24, 2.45) is 0 Å². The molecule has 0 saturated carbocycles. The fourth-order valence-electron chi connectivity index (χ4n) is 3.26. The summed E-state index contributed by atoms with van der Waals surface area (Å²) < 4.78 is 13.5. The lowest BCUT2D eigenvalue weighted by Crippen LogP contribution is -2.13. The zero-order valence-corrected chi connectivity index (χ0v) is 19.4. The first-order valence-corrected chi connectivity index (χ1v) is 10.8. The van der Waals surface area contributed by atoms with E-state index in [2.05, 4.69) is 25.4 Å². The number of rotatable bonds is 8. The predicted octanol–water partition coefficient (Wildman–Crippen LogP) is 4.75. The number of anilines is 1. The van der Waals surface area contributed by atoms with Crippen LogP contribution in [-0.4, -0.2) is 42.9 Å². The van der Waals surface area contributed by atoms with E-state index >= 15 is 0 Å². The molecule has 9 heteroatoms. The van der Waals surface area contributed by atoms with E-state index in [9.17, 15) is 0 Å². The summed E-state index contributed by atoms with van der Waals surface area (Å²) in [5.74, 6) is 2.30. The smallest absolute Gasteiger partial charge is 0.227 e. The number of hydrogen-bond acceptors (Lipinski definition) is 8. The Bertz CT molecular complexity index is 1250. The number of nitrogens with one attached hydrogen (secondary N) is 1. The van der Waals surface area contributed by atoms with Crippen molar-refractivity contribution in [1.29, 1.82) is 0 Å². The minimum Gasteiger partial charge on any atom is -0.480 e. The van der Waals surface area contributed by atoms with Crippen LogP contribution in [-0.2, 0) is 6.54 Å². The molecule has 4 aromatic rings. The second-order valence-corrected chi connectivity index (χ2v) is 7.76. The van der Waals surface area contributed by atoms with Crippen LogP contribution < -0.4 is 14.8 Å². The fraction of sp³-hybridized carbons (Fsp3) is 0.292. The van der Waals surface area contributed by atoms with Crippen LogP contribution in [0.3, 0.4) is 0 Å². The first-order chi connectivity index (χ1) is 16.0. The number of aryl methyl sites for hydroxylation is 2. The van der Waals surface area contributed by atoms with Crippen molar-refractivity contribution < 1.29 is 9.47 Å². The van der Waals surface area contributed by atoms with Gasteiger partial charge in [0.15, 0.2) is 0 Å². The Kier molecular flexibility index (Phi) is 6.48. The molecule has 4 aromatic heterocycles. The summed E-state index contributed by atoms with van der Waals surface area (Å²) in [7, 11) is 1.58. The number of methoxy groups -OCH3 is 1. The number of aromatic nitrogens is 6.